The summed E-state index contributed by atoms with van der Waals surface area (Å²) in [4.78, 5) is 12.3. The molecule has 2 aliphatic carbocycles. The lowest BCUT2D eigenvalue weighted by Crippen LogP contribution is -2.27. The topological polar surface area (TPSA) is 22.0 Å². The van der Waals surface area contributed by atoms with Gasteiger partial charge in [-0.15, -0.1) is 0 Å². The predicted molar refractivity (Wildman–Crippen MR) is 84.2 cm³/mol. The Morgan fingerprint density at radius 3 is 2.71 bits per heavy atom. The van der Waals surface area contributed by atoms with Crippen LogP contribution in [0, 0.1) is 5.41 Å². The highest BCUT2D eigenvalue weighted by Crippen LogP contribution is 2.36. The summed E-state index contributed by atoms with van der Waals surface area (Å²) in [5.41, 5.74) is 6.37. The minimum atomic E-state index is 0.0664. The van der Waals surface area contributed by atoms with E-state index in [2.05, 4.69) is 42.8 Å². The minimum absolute atomic E-state index is 0.0664. The fourth-order valence-electron chi connectivity index (χ4n) is 3.89. The molecule has 108 valence electrons. The van der Waals surface area contributed by atoms with Crippen LogP contribution in [0.3, 0.4) is 0 Å². The summed E-state index contributed by atoms with van der Waals surface area (Å²) in [6.07, 6.45) is 7.38. The summed E-state index contributed by atoms with van der Waals surface area (Å²) in [7, 11) is 0. The van der Waals surface area contributed by atoms with Crippen LogP contribution < -0.4 is 0 Å². The van der Waals surface area contributed by atoms with Crippen molar-refractivity contribution >= 4 is 5.78 Å². The molecule has 1 aromatic carbocycles. The summed E-state index contributed by atoms with van der Waals surface area (Å²) in [6.45, 7) is 4.38. The van der Waals surface area contributed by atoms with Crippen LogP contribution in [0.5, 0.6) is 0 Å². The van der Waals surface area contributed by atoms with Gasteiger partial charge in [0.1, 0.15) is 0 Å². The molecule has 0 N–H and O–H groups in total. The Hall–Kier alpha value is -1.83. The van der Waals surface area contributed by atoms with Gasteiger partial charge in [-0.1, -0.05) is 19.9 Å². The fourth-order valence-corrected chi connectivity index (χ4v) is 3.89. The summed E-state index contributed by atoms with van der Waals surface area (Å²) in [6, 6.07) is 8.78. The van der Waals surface area contributed by atoms with Gasteiger partial charge in [-0.3, -0.25) is 4.79 Å². The molecule has 2 aliphatic rings. The second-order valence-electron chi connectivity index (χ2n) is 7.29. The molecule has 0 spiro atoms. The molecule has 0 aliphatic heterocycles. The maximum atomic E-state index is 12.3. The highest BCUT2D eigenvalue weighted by Gasteiger charge is 2.33. The number of ketones is 1. The number of Topliss-reactive ketones (excluding diaryl/α,β-unsaturated/α-hetero) is 1. The van der Waals surface area contributed by atoms with Crippen molar-refractivity contribution in [2.45, 2.75) is 46.0 Å². The molecular formula is C19H21NO. The molecule has 0 atom stereocenters. The Morgan fingerprint density at radius 1 is 1.05 bits per heavy atom. The van der Waals surface area contributed by atoms with Crippen LogP contribution in [-0.2, 0) is 19.3 Å². The molecule has 1 aromatic heterocycles. The highest BCUT2D eigenvalue weighted by atomic mass is 16.1. The van der Waals surface area contributed by atoms with E-state index in [0.717, 1.165) is 12.0 Å². The van der Waals surface area contributed by atoms with Crippen molar-refractivity contribution in [3.05, 3.63) is 52.8 Å². The zero-order valence-electron chi connectivity index (χ0n) is 12.8. The van der Waals surface area contributed by atoms with E-state index in [4.69, 9.17) is 0 Å². The molecule has 0 bridgehead atoms. The quantitative estimate of drug-likeness (QED) is 0.769. The lowest BCUT2D eigenvalue weighted by atomic mass is 9.76. The third-order valence-electron chi connectivity index (χ3n) is 4.94. The molecule has 2 heteroatoms. The van der Waals surface area contributed by atoms with Crippen molar-refractivity contribution in [3.63, 3.8) is 0 Å². The number of benzene rings is 1. The number of carbonyl (C=O) groups is 1. The van der Waals surface area contributed by atoms with Crippen LogP contribution >= 0.6 is 0 Å². The smallest absolute Gasteiger partial charge is 0.165 e. The first-order valence-electron chi connectivity index (χ1n) is 7.89. The van der Waals surface area contributed by atoms with E-state index >= 15 is 0 Å². The average molecular weight is 279 g/mol. The largest absolute Gasteiger partial charge is 0.320 e. The van der Waals surface area contributed by atoms with E-state index in [9.17, 15) is 4.79 Å². The van der Waals surface area contributed by atoms with Crippen molar-refractivity contribution in [3.8, 4) is 5.69 Å². The number of carbonyl (C=O) groups excluding carboxylic acids is 1. The first-order chi connectivity index (χ1) is 10.0. The Morgan fingerprint density at radius 2 is 1.86 bits per heavy atom. The first-order valence-corrected chi connectivity index (χ1v) is 7.89. The lowest BCUT2D eigenvalue weighted by molar-refractivity contribution is 0.0911. The highest BCUT2D eigenvalue weighted by molar-refractivity contribution is 5.99. The summed E-state index contributed by atoms with van der Waals surface area (Å²) < 4.78 is 2.23. The number of fused-ring (bicyclic) bond motifs is 2. The predicted octanol–water partition coefficient (Wildman–Crippen LogP) is 4.12. The van der Waals surface area contributed by atoms with E-state index in [1.54, 1.807) is 0 Å². The van der Waals surface area contributed by atoms with E-state index in [0.29, 0.717) is 12.2 Å². The van der Waals surface area contributed by atoms with E-state index < -0.39 is 0 Å². The maximum absolute atomic E-state index is 12.3. The second kappa shape index (κ2) is 4.33. The molecule has 0 saturated heterocycles. The van der Waals surface area contributed by atoms with Crippen molar-refractivity contribution in [2.75, 3.05) is 0 Å². The van der Waals surface area contributed by atoms with Gasteiger partial charge in [-0.05, 0) is 60.4 Å². The molecule has 4 rings (SSSR count). The van der Waals surface area contributed by atoms with E-state index in [-0.39, 0.29) is 5.41 Å². The Bertz CT molecular complexity index is 736. The van der Waals surface area contributed by atoms with Gasteiger partial charge >= 0.3 is 0 Å². The SMILES string of the molecule is CC1(C)CC(=O)c2ccn(-c3ccc4c(c3)CCC4)c2C1. The molecular weight excluding hydrogens is 258 g/mol. The maximum Gasteiger partial charge on any atom is 0.165 e. The van der Waals surface area contributed by atoms with Crippen LogP contribution in [-0.4, -0.2) is 10.4 Å². The normalized spacial score (nSPS) is 19.4. The third-order valence-corrected chi connectivity index (χ3v) is 4.94. The van der Waals surface area contributed by atoms with Crippen molar-refractivity contribution in [2.24, 2.45) is 5.41 Å². The lowest BCUT2D eigenvalue weighted by Gasteiger charge is -2.29. The number of aryl methyl sites for hydroxylation is 2. The van der Waals surface area contributed by atoms with E-state index in [1.165, 1.54) is 41.8 Å². The molecule has 0 radical (unpaired) electrons. The molecule has 2 aromatic rings. The van der Waals surface area contributed by atoms with Crippen LogP contribution in [0.2, 0.25) is 0 Å². The number of rotatable bonds is 1. The fraction of sp³-hybridized carbons (Fsp3) is 0.421. The van der Waals surface area contributed by atoms with Crippen molar-refractivity contribution < 1.29 is 4.79 Å². The Kier molecular flexibility index (Phi) is 2.66. The van der Waals surface area contributed by atoms with Gasteiger partial charge < -0.3 is 4.57 Å². The van der Waals surface area contributed by atoms with Crippen molar-refractivity contribution in [1.29, 1.82) is 0 Å². The van der Waals surface area contributed by atoms with Crippen LogP contribution in [0.4, 0.5) is 0 Å². The zero-order chi connectivity index (χ0) is 14.6. The monoisotopic (exact) mass is 279 g/mol. The van der Waals surface area contributed by atoms with Gasteiger partial charge in [0.2, 0.25) is 0 Å². The van der Waals surface area contributed by atoms with Gasteiger partial charge in [-0.25, -0.2) is 0 Å². The minimum Gasteiger partial charge on any atom is -0.320 e. The molecule has 0 amide bonds. The number of hydrogen-bond acceptors (Lipinski definition) is 1. The summed E-state index contributed by atoms with van der Waals surface area (Å²) in [5, 5.41) is 0. The molecule has 21 heavy (non-hydrogen) atoms. The zero-order valence-corrected chi connectivity index (χ0v) is 12.8. The number of nitrogens with zero attached hydrogens (tertiary/aromatic N) is 1. The second-order valence-corrected chi connectivity index (χ2v) is 7.29. The summed E-state index contributed by atoms with van der Waals surface area (Å²) in [5.74, 6) is 0.293. The van der Waals surface area contributed by atoms with Crippen LogP contribution in [0.15, 0.2) is 30.5 Å². The number of aromatic nitrogens is 1. The van der Waals surface area contributed by atoms with Gasteiger partial charge in [-0.2, -0.15) is 0 Å². The number of hydrogen-bond donors (Lipinski definition) is 0. The third kappa shape index (κ3) is 2.05. The Balaban J connectivity index is 1.82. The standard InChI is InChI=1S/C19H21NO/c1-19(2)11-17-16(18(21)12-19)8-9-20(17)15-7-6-13-4-3-5-14(13)10-15/h6-10H,3-5,11-12H2,1-2H3. The van der Waals surface area contributed by atoms with Gasteiger partial charge in [0, 0.05) is 29.6 Å². The van der Waals surface area contributed by atoms with Gasteiger partial charge in [0.15, 0.2) is 5.78 Å². The average Bonchev–Trinajstić information content (AvgIpc) is 3.02. The van der Waals surface area contributed by atoms with Gasteiger partial charge in [0.25, 0.3) is 0 Å². The first kappa shape index (κ1) is 12.9. The molecule has 0 unspecified atom stereocenters. The molecule has 0 saturated carbocycles. The van der Waals surface area contributed by atoms with E-state index in [1.807, 2.05) is 6.07 Å². The molecule has 0 fully saturated rings. The van der Waals surface area contributed by atoms with Gasteiger partial charge in [0.05, 0.1) is 0 Å². The summed E-state index contributed by atoms with van der Waals surface area (Å²) >= 11 is 0. The Labute approximate surface area is 125 Å². The molecule has 2 nitrogen and oxygen atoms in total. The van der Waals surface area contributed by atoms with Crippen molar-refractivity contribution in [1.82, 2.24) is 4.57 Å². The van der Waals surface area contributed by atoms with Crippen LogP contribution in [0.1, 0.15) is 53.9 Å². The molecule has 1 heterocycles. The van der Waals surface area contributed by atoms with Crippen LogP contribution in [0.25, 0.3) is 5.69 Å².